The molecule has 0 bridgehead atoms. The van der Waals surface area contributed by atoms with Crippen LogP contribution in [-0.4, -0.2) is 30.1 Å². The Balaban J connectivity index is 2.06. The molecule has 5 heteroatoms. The minimum atomic E-state index is -0.606. The number of carbonyl (C=O) groups excluding carboxylic acids is 1. The molecule has 0 aromatic carbocycles. The third kappa shape index (κ3) is 1.72. The van der Waals surface area contributed by atoms with E-state index in [9.17, 15) is 9.18 Å². The third-order valence-electron chi connectivity index (χ3n) is 1.95. The van der Waals surface area contributed by atoms with Crippen molar-refractivity contribution in [3.05, 3.63) is 29.8 Å². The highest BCUT2D eigenvalue weighted by Crippen LogP contribution is 2.05. The number of ether oxygens (including phenoxy) is 1. The van der Waals surface area contributed by atoms with Crippen molar-refractivity contribution in [2.75, 3.05) is 13.2 Å². The lowest BCUT2D eigenvalue weighted by molar-refractivity contribution is -0.00362. The fraction of sp³-hybridized carbons (Fsp3) is 0.333. The maximum Gasteiger partial charge on any atom is 0.273 e. The van der Waals surface area contributed by atoms with E-state index in [1.807, 2.05) is 0 Å². The number of hydrogen-bond acceptors (Lipinski definition) is 3. The molecule has 0 aliphatic carbocycles. The lowest BCUT2D eigenvalue weighted by atomic mass is 10.2. The number of hydrogen-bond donors (Lipinski definition) is 1. The summed E-state index contributed by atoms with van der Waals surface area (Å²) in [6, 6.07) is 2.64. The molecule has 1 saturated heterocycles. The minimum Gasteiger partial charge on any atom is -0.377 e. The smallest absolute Gasteiger partial charge is 0.273 e. The highest BCUT2D eigenvalue weighted by atomic mass is 19.1. The van der Waals surface area contributed by atoms with Crippen LogP contribution < -0.4 is 5.32 Å². The Hall–Kier alpha value is -1.49. The first-order valence-corrected chi connectivity index (χ1v) is 4.26. The van der Waals surface area contributed by atoms with Crippen LogP contribution in [0, 0.1) is 5.82 Å². The van der Waals surface area contributed by atoms with Crippen molar-refractivity contribution in [1.29, 1.82) is 0 Å². The summed E-state index contributed by atoms with van der Waals surface area (Å²) < 4.78 is 17.9. The van der Waals surface area contributed by atoms with Crippen LogP contribution in [0.5, 0.6) is 0 Å². The van der Waals surface area contributed by atoms with Gasteiger partial charge in [-0.2, -0.15) is 0 Å². The van der Waals surface area contributed by atoms with Crippen molar-refractivity contribution < 1.29 is 13.9 Å². The number of rotatable bonds is 2. The minimum absolute atomic E-state index is 0.0103. The maximum atomic E-state index is 13.1. The number of halogens is 1. The second-order valence-electron chi connectivity index (χ2n) is 3.04. The van der Waals surface area contributed by atoms with Crippen molar-refractivity contribution in [3.8, 4) is 0 Å². The number of pyridine rings is 1. The van der Waals surface area contributed by atoms with Gasteiger partial charge in [0.2, 0.25) is 0 Å². The zero-order valence-electron chi connectivity index (χ0n) is 7.37. The van der Waals surface area contributed by atoms with Crippen LogP contribution in [0.3, 0.4) is 0 Å². The van der Waals surface area contributed by atoms with Gasteiger partial charge >= 0.3 is 0 Å². The van der Waals surface area contributed by atoms with Gasteiger partial charge in [0.25, 0.3) is 5.91 Å². The summed E-state index contributed by atoms with van der Waals surface area (Å²) in [5, 5.41) is 2.61. The second kappa shape index (κ2) is 3.71. The first-order chi connectivity index (χ1) is 6.77. The number of nitrogens with zero attached hydrogens (tertiary/aromatic N) is 1. The summed E-state index contributed by atoms with van der Waals surface area (Å²) in [4.78, 5) is 15.1. The Labute approximate surface area is 80.1 Å². The monoisotopic (exact) mass is 196 g/mol. The highest BCUT2D eigenvalue weighted by molar-refractivity contribution is 5.92. The van der Waals surface area contributed by atoms with Crippen molar-refractivity contribution in [1.82, 2.24) is 10.3 Å². The van der Waals surface area contributed by atoms with Crippen molar-refractivity contribution in [2.24, 2.45) is 0 Å². The van der Waals surface area contributed by atoms with Gasteiger partial charge in [0, 0.05) is 6.20 Å². The molecule has 1 aromatic rings. The fourth-order valence-electron chi connectivity index (χ4n) is 1.13. The number of carbonyl (C=O) groups is 1. The van der Waals surface area contributed by atoms with Crippen LogP contribution in [0.25, 0.3) is 0 Å². The van der Waals surface area contributed by atoms with E-state index in [4.69, 9.17) is 4.74 Å². The van der Waals surface area contributed by atoms with Gasteiger partial charge in [-0.1, -0.05) is 0 Å². The Morgan fingerprint density at radius 1 is 1.64 bits per heavy atom. The van der Waals surface area contributed by atoms with Gasteiger partial charge in [-0.25, -0.2) is 9.37 Å². The zero-order valence-corrected chi connectivity index (χ0v) is 7.37. The van der Waals surface area contributed by atoms with Crippen LogP contribution in [0.15, 0.2) is 18.3 Å². The summed E-state index contributed by atoms with van der Waals surface area (Å²) in [5.41, 5.74) is -0.167. The molecule has 1 aliphatic heterocycles. The maximum absolute atomic E-state index is 13.1. The lowest BCUT2D eigenvalue weighted by Gasteiger charge is -2.26. The van der Waals surface area contributed by atoms with E-state index in [2.05, 4.69) is 10.3 Å². The SMILES string of the molecule is O=C(NC1COC1)c1ncccc1F. The van der Waals surface area contributed by atoms with Gasteiger partial charge < -0.3 is 10.1 Å². The van der Waals surface area contributed by atoms with E-state index in [0.717, 1.165) is 0 Å². The van der Waals surface area contributed by atoms with E-state index in [-0.39, 0.29) is 11.7 Å². The number of aromatic nitrogens is 1. The highest BCUT2D eigenvalue weighted by Gasteiger charge is 2.22. The first-order valence-electron chi connectivity index (χ1n) is 4.26. The Morgan fingerprint density at radius 2 is 2.43 bits per heavy atom. The molecule has 2 heterocycles. The van der Waals surface area contributed by atoms with E-state index in [1.54, 1.807) is 0 Å². The van der Waals surface area contributed by atoms with E-state index in [1.165, 1.54) is 18.3 Å². The molecule has 2 rings (SSSR count). The van der Waals surface area contributed by atoms with Gasteiger partial charge in [-0.3, -0.25) is 4.79 Å². The van der Waals surface area contributed by atoms with E-state index >= 15 is 0 Å². The largest absolute Gasteiger partial charge is 0.377 e. The zero-order chi connectivity index (χ0) is 9.97. The molecular formula is C9H9FN2O2. The van der Waals surface area contributed by atoms with Gasteiger partial charge in [0.1, 0.15) is 0 Å². The molecule has 4 nitrogen and oxygen atoms in total. The molecule has 0 unspecified atom stereocenters. The summed E-state index contributed by atoms with van der Waals surface area (Å²) in [6.45, 7) is 0.973. The molecule has 0 radical (unpaired) electrons. The van der Waals surface area contributed by atoms with Gasteiger partial charge in [-0.15, -0.1) is 0 Å². The Kier molecular flexibility index (Phi) is 2.41. The van der Waals surface area contributed by atoms with E-state index in [0.29, 0.717) is 13.2 Å². The van der Waals surface area contributed by atoms with Crippen molar-refractivity contribution in [3.63, 3.8) is 0 Å². The predicted octanol–water partition coefficient (Wildman–Crippen LogP) is 0.349. The normalized spacial score (nSPS) is 16.1. The van der Waals surface area contributed by atoms with Crippen LogP contribution in [0.4, 0.5) is 4.39 Å². The number of amides is 1. The topological polar surface area (TPSA) is 51.2 Å². The standard InChI is InChI=1S/C9H9FN2O2/c10-7-2-1-3-11-8(7)9(13)12-6-4-14-5-6/h1-3,6H,4-5H2,(H,12,13). The molecule has 74 valence electrons. The van der Waals surface area contributed by atoms with Crippen LogP contribution in [-0.2, 0) is 4.74 Å². The molecule has 0 atom stereocenters. The fourth-order valence-corrected chi connectivity index (χ4v) is 1.13. The molecular weight excluding hydrogens is 187 g/mol. The van der Waals surface area contributed by atoms with Crippen LogP contribution in [0.2, 0.25) is 0 Å². The van der Waals surface area contributed by atoms with Gasteiger partial charge in [-0.05, 0) is 12.1 Å². The predicted molar refractivity (Wildman–Crippen MR) is 46.3 cm³/mol. The molecule has 0 spiro atoms. The first kappa shape index (κ1) is 9.08. The molecule has 1 aromatic heterocycles. The summed E-state index contributed by atoms with van der Waals surface area (Å²) >= 11 is 0. The van der Waals surface area contributed by atoms with Crippen LogP contribution >= 0.6 is 0 Å². The molecule has 0 saturated carbocycles. The third-order valence-corrected chi connectivity index (χ3v) is 1.95. The summed E-state index contributed by atoms with van der Waals surface area (Å²) in [5.74, 6) is -1.10. The molecule has 1 fully saturated rings. The lowest BCUT2D eigenvalue weighted by Crippen LogP contribution is -2.48. The molecule has 14 heavy (non-hydrogen) atoms. The Bertz CT molecular complexity index is 352. The average molecular weight is 196 g/mol. The molecule has 1 N–H and O–H groups in total. The quantitative estimate of drug-likeness (QED) is 0.742. The Morgan fingerprint density at radius 3 is 3.00 bits per heavy atom. The van der Waals surface area contributed by atoms with Gasteiger partial charge in [0.15, 0.2) is 11.5 Å². The second-order valence-corrected chi connectivity index (χ2v) is 3.04. The molecule has 1 aliphatic rings. The van der Waals surface area contributed by atoms with Crippen molar-refractivity contribution in [2.45, 2.75) is 6.04 Å². The summed E-state index contributed by atoms with van der Waals surface area (Å²) in [7, 11) is 0. The average Bonchev–Trinajstić information content (AvgIpc) is 2.12. The summed E-state index contributed by atoms with van der Waals surface area (Å²) in [6.07, 6.45) is 1.38. The number of nitrogens with one attached hydrogen (secondary N) is 1. The molecule has 1 amide bonds. The van der Waals surface area contributed by atoms with Gasteiger partial charge in [0.05, 0.1) is 19.3 Å². The van der Waals surface area contributed by atoms with Crippen molar-refractivity contribution >= 4 is 5.91 Å². The van der Waals surface area contributed by atoms with E-state index < -0.39 is 11.7 Å². The van der Waals surface area contributed by atoms with Crippen LogP contribution in [0.1, 0.15) is 10.5 Å².